The Kier molecular flexibility index (Phi) is 5.26. The maximum absolute atomic E-state index is 11.9. The third-order valence-corrected chi connectivity index (χ3v) is 3.88. The predicted octanol–water partition coefficient (Wildman–Crippen LogP) is 2.64. The summed E-state index contributed by atoms with van der Waals surface area (Å²) in [7, 11) is 5.54. The van der Waals surface area contributed by atoms with E-state index in [-0.39, 0.29) is 4.75 Å². The number of rotatable bonds is 4. The molecular weight excluding hydrogens is 260 g/mol. The van der Waals surface area contributed by atoms with Crippen LogP contribution >= 0.6 is 0 Å². The lowest BCUT2D eigenvalue weighted by atomic mass is 10.1. The van der Waals surface area contributed by atoms with Crippen molar-refractivity contribution in [2.45, 2.75) is 25.5 Å². The van der Waals surface area contributed by atoms with Crippen molar-refractivity contribution in [2.75, 3.05) is 26.1 Å². The van der Waals surface area contributed by atoms with E-state index >= 15 is 0 Å². The first kappa shape index (κ1) is 15.9. The Morgan fingerprint density at radius 2 is 1.95 bits per heavy atom. The van der Waals surface area contributed by atoms with E-state index in [9.17, 15) is 4.55 Å². The van der Waals surface area contributed by atoms with E-state index in [1.165, 1.54) is 0 Å². The summed E-state index contributed by atoms with van der Waals surface area (Å²) < 4.78 is 20.9. The fourth-order valence-electron chi connectivity index (χ4n) is 1.41. The largest absolute Gasteiger partial charge is 0.591 e. The molecule has 106 valence electrons. The van der Waals surface area contributed by atoms with Crippen LogP contribution < -0.4 is 9.64 Å². The van der Waals surface area contributed by atoms with Crippen LogP contribution in [0.25, 0.3) is 0 Å². The van der Waals surface area contributed by atoms with Crippen LogP contribution in [0.5, 0.6) is 5.75 Å². The van der Waals surface area contributed by atoms with Crippen molar-refractivity contribution in [3.05, 3.63) is 23.8 Å². The molecule has 0 heterocycles. The molecule has 0 aliphatic heterocycles. The summed E-state index contributed by atoms with van der Waals surface area (Å²) >= 11 is -1.25. The molecule has 0 aliphatic carbocycles. The molecule has 0 aliphatic rings. The molecule has 1 unspecified atom stereocenters. The van der Waals surface area contributed by atoms with Crippen LogP contribution in [0.1, 0.15) is 26.3 Å². The van der Waals surface area contributed by atoms with Crippen molar-refractivity contribution in [2.24, 2.45) is 4.40 Å². The van der Waals surface area contributed by atoms with Crippen LogP contribution in [0.4, 0.5) is 5.69 Å². The Bertz CT molecular complexity index is 453. The van der Waals surface area contributed by atoms with E-state index in [0.717, 1.165) is 17.0 Å². The molecule has 0 saturated carbocycles. The molecule has 4 nitrogen and oxygen atoms in total. The number of ether oxygens (including phenoxy) is 1. The molecule has 0 spiro atoms. The summed E-state index contributed by atoms with van der Waals surface area (Å²) in [6.07, 6.45) is 1.66. The number of hydrogen-bond acceptors (Lipinski definition) is 4. The molecule has 0 N–H and O–H groups in total. The first-order valence-electron chi connectivity index (χ1n) is 6.07. The van der Waals surface area contributed by atoms with Crippen LogP contribution in [0.15, 0.2) is 22.6 Å². The van der Waals surface area contributed by atoms with E-state index in [2.05, 4.69) is 4.40 Å². The summed E-state index contributed by atoms with van der Waals surface area (Å²) in [5.74, 6) is 0.790. The normalized spacial score (nSPS) is 13.6. The van der Waals surface area contributed by atoms with E-state index in [0.29, 0.717) is 0 Å². The highest BCUT2D eigenvalue weighted by Crippen LogP contribution is 2.24. The third kappa shape index (κ3) is 4.44. The van der Waals surface area contributed by atoms with Crippen molar-refractivity contribution >= 4 is 23.3 Å². The highest BCUT2D eigenvalue weighted by atomic mass is 32.2. The second kappa shape index (κ2) is 6.30. The van der Waals surface area contributed by atoms with Gasteiger partial charge in [-0.15, -0.1) is 0 Å². The van der Waals surface area contributed by atoms with Crippen LogP contribution in [0.2, 0.25) is 0 Å². The second-order valence-electron chi connectivity index (χ2n) is 5.42. The molecule has 1 atom stereocenters. The zero-order valence-electron chi connectivity index (χ0n) is 12.4. The maximum Gasteiger partial charge on any atom is 0.144 e. The van der Waals surface area contributed by atoms with Gasteiger partial charge in [0.1, 0.15) is 21.9 Å². The molecule has 19 heavy (non-hydrogen) atoms. The Hall–Kier alpha value is -1.20. The Labute approximate surface area is 118 Å². The number of benzene rings is 1. The third-order valence-electron chi connectivity index (χ3n) is 2.53. The highest BCUT2D eigenvalue weighted by molar-refractivity contribution is 7.91. The molecule has 0 aromatic heterocycles. The molecule has 0 fully saturated rings. The van der Waals surface area contributed by atoms with Crippen molar-refractivity contribution in [1.29, 1.82) is 0 Å². The monoisotopic (exact) mass is 282 g/mol. The van der Waals surface area contributed by atoms with Crippen molar-refractivity contribution in [3.63, 3.8) is 0 Å². The Morgan fingerprint density at radius 1 is 1.32 bits per heavy atom. The summed E-state index contributed by atoms with van der Waals surface area (Å²) in [4.78, 5) is 1.98. The van der Waals surface area contributed by atoms with Crippen molar-refractivity contribution < 1.29 is 9.29 Å². The van der Waals surface area contributed by atoms with Crippen LogP contribution in [0, 0.1) is 0 Å². The van der Waals surface area contributed by atoms with Crippen LogP contribution in [0.3, 0.4) is 0 Å². The molecule has 0 radical (unpaired) electrons. The average molecular weight is 282 g/mol. The van der Waals surface area contributed by atoms with Gasteiger partial charge in [-0.05, 0) is 32.9 Å². The topological polar surface area (TPSA) is 47.9 Å². The molecule has 0 bridgehead atoms. The van der Waals surface area contributed by atoms with Crippen LogP contribution in [-0.4, -0.2) is 36.7 Å². The minimum Gasteiger partial charge on any atom is -0.591 e. The molecule has 1 aromatic rings. The lowest BCUT2D eigenvalue weighted by molar-refractivity contribution is 0.415. The minimum atomic E-state index is -1.25. The second-order valence-corrected chi connectivity index (χ2v) is 7.35. The van der Waals surface area contributed by atoms with Gasteiger partial charge in [0.25, 0.3) is 0 Å². The molecular formula is C14H22N2O2S. The lowest BCUT2D eigenvalue weighted by Gasteiger charge is -2.19. The van der Waals surface area contributed by atoms with Gasteiger partial charge in [-0.25, -0.2) is 0 Å². The van der Waals surface area contributed by atoms with Gasteiger partial charge in [-0.3, -0.25) is 0 Å². The summed E-state index contributed by atoms with van der Waals surface area (Å²) in [5.41, 5.74) is 1.90. The summed E-state index contributed by atoms with van der Waals surface area (Å²) in [5, 5.41) is 0. The van der Waals surface area contributed by atoms with Gasteiger partial charge >= 0.3 is 0 Å². The number of nitrogens with zero attached hydrogens (tertiary/aromatic N) is 2. The fraction of sp³-hybridized carbons (Fsp3) is 0.500. The van der Waals surface area contributed by atoms with Gasteiger partial charge in [0.2, 0.25) is 0 Å². The van der Waals surface area contributed by atoms with E-state index in [1.807, 2.05) is 58.0 Å². The first-order chi connectivity index (χ1) is 8.75. The Morgan fingerprint density at radius 3 is 2.42 bits per heavy atom. The number of hydrogen-bond donors (Lipinski definition) is 0. The standard InChI is InChI=1S/C14H22N2O2S/c1-14(2,3)19(17)15-10-11-7-8-12(18-6)9-13(11)16(4)5/h7-10H,1-6H3/b15-10+. The van der Waals surface area contributed by atoms with Gasteiger partial charge in [0, 0.05) is 31.4 Å². The SMILES string of the molecule is COc1ccc(/C=N/[S+]([O-])C(C)(C)C)c(N(C)C)c1. The van der Waals surface area contributed by atoms with Gasteiger partial charge in [0.05, 0.1) is 13.3 Å². The van der Waals surface area contributed by atoms with Gasteiger partial charge < -0.3 is 14.2 Å². The van der Waals surface area contributed by atoms with Crippen molar-refractivity contribution in [1.82, 2.24) is 0 Å². The quantitative estimate of drug-likeness (QED) is 0.630. The molecule has 1 rings (SSSR count). The van der Waals surface area contributed by atoms with E-state index < -0.39 is 11.4 Å². The highest BCUT2D eigenvalue weighted by Gasteiger charge is 2.25. The van der Waals surface area contributed by atoms with Crippen LogP contribution in [-0.2, 0) is 11.4 Å². The van der Waals surface area contributed by atoms with Gasteiger partial charge in [-0.2, -0.15) is 0 Å². The Balaban J connectivity index is 3.04. The molecule has 0 saturated heterocycles. The summed E-state index contributed by atoms with van der Waals surface area (Å²) in [6.45, 7) is 5.71. The van der Waals surface area contributed by atoms with E-state index in [1.54, 1.807) is 13.3 Å². The minimum absolute atomic E-state index is 0.346. The molecule has 1 aromatic carbocycles. The predicted molar refractivity (Wildman–Crippen MR) is 82.8 cm³/mol. The zero-order chi connectivity index (χ0) is 14.6. The molecule has 5 heteroatoms. The lowest BCUT2D eigenvalue weighted by Crippen LogP contribution is -2.26. The molecule has 0 amide bonds. The summed E-state index contributed by atoms with van der Waals surface area (Å²) in [6, 6.07) is 5.72. The maximum atomic E-state index is 11.9. The van der Waals surface area contributed by atoms with Crippen molar-refractivity contribution in [3.8, 4) is 5.75 Å². The number of anilines is 1. The van der Waals surface area contributed by atoms with E-state index in [4.69, 9.17) is 4.74 Å². The van der Waals surface area contributed by atoms with Gasteiger partial charge in [0.15, 0.2) is 0 Å². The zero-order valence-corrected chi connectivity index (χ0v) is 13.2. The smallest absolute Gasteiger partial charge is 0.144 e. The average Bonchev–Trinajstić information content (AvgIpc) is 2.34. The fourth-order valence-corrected chi connectivity index (χ4v) is 1.94. The van der Waals surface area contributed by atoms with Gasteiger partial charge in [-0.1, -0.05) is 4.40 Å². The first-order valence-corrected chi connectivity index (χ1v) is 7.18. The number of methoxy groups -OCH3 is 1.